The van der Waals surface area contributed by atoms with Crippen molar-refractivity contribution in [1.29, 1.82) is 0 Å². The van der Waals surface area contributed by atoms with E-state index in [9.17, 15) is 35.8 Å². The van der Waals surface area contributed by atoms with Crippen molar-refractivity contribution in [2.75, 3.05) is 5.32 Å². The minimum atomic E-state index is -6.55. The van der Waals surface area contributed by atoms with Crippen LogP contribution in [-0.2, 0) is 12.5 Å². The molecule has 0 aliphatic heterocycles. The van der Waals surface area contributed by atoms with Crippen LogP contribution in [0.15, 0.2) is 95.1 Å². The lowest BCUT2D eigenvalue weighted by Crippen LogP contribution is -2.50. The van der Waals surface area contributed by atoms with Gasteiger partial charge in [-0.05, 0) is 42.0 Å². The average Bonchev–Trinajstić information content (AvgIpc) is 2.98. The van der Waals surface area contributed by atoms with E-state index in [1.807, 2.05) is 30.3 Å². The quantitative estimate of drug-likeness (QED) is 0.161. The molecular formula is C28H18F7N5O2S. The van der Waals surface area contributed by atoms with Crippen molar-refractivity contribution in [3.05, 3.63) is 96.7 Å². The van der Waals surface area contributed by atoms with Gasteiger partial charge in [-0.25, -0.2) is 19.9 Å². The fourth-order valence-corrected chi connectivity index (χ4v) is 4.60. The van der Waals surface area contributed by atoms with Gasteiger partial charge in [0.1, 0.15) is 30.3 Å². The molecule has 0 saturated carbocycles. The number of rotatable bonds is 9. The maximum absolute atomic E-state index is 14.2. The third kappa shape index (κ3) is 6.26. The molecule has 0 unspecified atom stereocenters. The number of hydrogen-bond acceptors (Lipinski definition) is 8. The number of phenols is 1. The normalized spacial score (nSPS) is 12.3. The first kappa shape index (κ1) is 29.8. The van der Waals surface area contributed by atoms with Crippen LogP contribution < -0.4 is 10.1 Å². The molecule has 0 saturated heterocycles. The number of anilines is 2. The molecular weight excluding hydrogens is 603 g/mol. The number of alkyl halides is 7. The number of nitrogens with one attached hydrogen (secondary N) is 1. The van der Waals surface area contributed by atoms with Crippen molar-refractivity contribution in [2.45, 2.75) is 34.4 Å². The number of fused-ring (bicyclic) bond motifs is 1. The summed E-state index contributed by atoms with van der Waals surface area (Å²) in [6.07, 6.45) is -5.03. The lowest BCUT2D eigenvalue weighted by Gasteiger charge is -2.26. The largest absolute Gasteiger partial charge is 0.508 e. The highest BCUT2D eigenvalue weighted by Crippen LogP contribution is 2.51. The highest BCUT2D eigenvalue weighted by Gasteiger charge is 2.75. The molecule has 0 atom stereocenters. The van der Waals surface area contributed by atoms with E-state index in [0.717, 1.165) is 16.8 Å². The molecule has 2 heterocycles. The van der Waals surface area contributed by atoms with Crippen molar-refractivity contribution < 1.29 is 40.6 Å². The molecule has 0 spiro atoms. The Bertz CT molecular complexity index is 1740. The van der Waals surface area contributed by atoms with Gasteiger partial charge in [-0.15, -0.1) is 0 Å². The molecule has 15 heteroatoms. The van der Waals surface area contributed by atoms with Gasteiger partial charge in [0.05, 0.1) is 11.1 Å². The van der Waals surface area contributed by atoms with E-state index in [1.165, 1.54) is 23.9 Å². The zero-order valence-corrected chi connectivity index (χ0v) is 22.3. The lowest BCUT2D eigenvalue weighted by atomic mass is 10.1. The molecule has 43 heavy (non-hydrogen) atoms. The Kier molecular flexibility index (Phi) is 8.01. The Morgan fingerprint density at radius 2 is 1.56 bits per heavy atom. The summed E-state index contributed by atoms with van der Waals surface area (Å²) in [5.74, 6) is -13.8. The van der Waals surface area contributed by atoms with E-state index < -0.39 is 29.5 Å². The first-order valence-corrected chi connectivity index (χ1v) is 13.0. The molecule has 0 fully saturated rings. The van der Waals surface area contributed by atoms with Crippen LogP contribution in [0.25, 0.3) is 11.0 Å². The standard InChI is InChI=1S/C28H18F7N5O2S/c29-26(30,27(31,32)28(33,34)35)25-36-13-20-23(37-15-38-24(20)40-25)39-21-12-18(42-14-16-4-2-1-3-5-16)8-11-22(21)43-19-9-6-17(41)7-10-19/h1-13,15,41H,14H2,(H,36,37,38,39,40). The lowest BCUT2D eigenvalue weighted by molar-refractivity contribution is -0.361. The van der Waals surface area contributed by atoms with Gasteiger partial charge in [-0.3, -0.25) is 0 Å². The molecule has 0 aliphatic carbocycles. The van der Waals surface area contributed by atoms with E-state index in [0.29, 0.717) is 22.5 Å². The van der Waals surface area contributed by atoms with Crippen LogP contribution in [0.3, 0.4) is 0 Å². The average molecular weight is 622 g/mol. The number of nitrogens with zero attached hydrogens (tertiary/aromatic N) is 4. The van der Waals surface area contributed by atoms with E-state index in [2.05, 4.69) is 25.3 Å². The SMILES string of the molecule is Oc1ccc(Sc2ccc(OCc3ccccc3)cc2Nc2ncnc3nc(C(F)(F)C(F)(F)C(F)(F)F)ncc23)cc1. The summed E-state index contributed by atoms with van der Waals surface area (Å²) in [7, 11) is 0. The van der Waals surface area contributed by atoms with Gasteiger partial charge in [0.2, 0.25) is 5.82 Å². The number of hydrogen-bond donors (Lipinski definition) is 2. The molecule has 0 amide bonds. The Morgan fingerprint density at radius 1 is 0.837 bits per heavy atom. The fraction of sp³-hybridized carbons (Fsp3) is 0.143. The van der Waals surface area contributed by atoms with Crippen LogP contribution in [0.5, 0.6) is 11.5 Å². The molecule has 5 rings (SSSR count). The Labute approximate surface area is 242 Å². The minimum Gasteiger partial charge on any atom is -0.508 e. The summed E-state index contributed by atoms with van der Waals surface area (Å²) in [5.41, 5.74) is 0.716. The summed E-state index contributed by atoms with van der Waals surface area (Å²) in [5, 5.41) is 12.5. The first-order chi connectivity index (χ1) is 20.3. The Balaban J connectivity index is 1.50. The molecule has 222 valence electrons. The summed E-state index contributed by atoms with van der Waals surface area (Å²) in [6, 6.07) is 20.8. The van der Waals surface area contributed by atoms with Crippen LogP contribution in [0.4, 0.5) is 42.2 Å². The van der Waals surface area contributed by atoms with Crippen LogP contribution in [0, 0.1) is 0 Å². The van der Waals surface area contributed by atoms with Gasteiger partial charge < -0.3 is 15.2 Å². The van der Waals surface area contributed by atoms with E-state index in [1.54, 1.807) is 30.3 Å². The summed E-state index contributed by atoms with van der Waals surface area (Å²) < 4.78 is 99.6. The summed E-state index contributed by atoms with van der Waals surface area (Å²) in [6.45, 7) is 0.245. The van der Waals surface area contributed by atoms with E-state index >= 15 is 0 Å². The minimum absolute atomic E-state index is 0.0461. The highest BCUT2D eigenvalue weighted by atomic mass is 32.2. The van der Waals surface area contributed by atoms with Gasteiger partial charge in [-0.1, -0.05) is 42.1 Å². The van der Waals surface area contributed by atoms with Gasteiger partial charge in [0.15, 0.2) is 5.65 Å². The van der Waals surface area contributed by atoms with Crippen molar-refractivity contribution >= 4 is 34.3 Å². The van der Waals surface area contributed by atoms with Crippen LogP contribution >= 0.6 is 11.8 Å². The predicted molar refractivity (Wildman–Crippen MR) is 143 cm³/mol. The van der Waals surface area contributed by atoms with Gasteiger partial charge in [-0.2, -0.15) is 30.7 Å². The zero-order chi connectivity index (χ0) is 30.8. The molecule has 2 N–H and O–H groups in total. The number of aromatic nitrogens is 4. The number of halogens is 7. The first-order valence-electron chi connectivity index (χ1n) is 12.2. The van der Waals surface area contributed by atoms with Gasteiger partial charge in [0.25, 0.3) is 0 Å². The van der Waals surface area contributed by atoms with Crippen molar-refractivity contribution in [1.82, 2.24) is 19.9 Å². The maximum Gasteiger partial charge on any atom is 0.460 e. The van der Waals surface area contributed by atoms with Crippen molar-refractivity contribution in [3.63, 3.8) is 0 Å². The fourth-order valence-electron chi connectivity index (χ4n) is 3.71. The molecule has 0 bridgehead atoms. The molecule has 7 nitrogen and oxygen atoms in total. The van der Waals surface area contributed by atoms with Crippen LogP contribution in [0.2, 0.25) is 0 Å². The van der Waals surface area contributed by atoms with E-state index in [4.69, 9.17) is 4.74 Å². The van der Waals surface area contributed by atoms with Crippen molar-refractivity contribution in [3.8, 4) is 11.5 Å². The predicted octanol–water partition coefficient (Wildman–Crippen LogP) is 7.89. The molecule has 3 aromatic carbocycles. The Hall–Kier alpha value is -4.66. The highest BCUT2D eigenvalue weighted by molar-refractivity contribution is 7.99. The Morgan fingerprint density at radius 3 is 2.26 bits per heavy atom. The second kappa shape index (κ2) is 11.6. The van der Waals surface area contributed by atoms with Gasteiger partial charge in [0, 0.05) is 22.1 Å². The third-order valence-corrected chi connectivity index (χ3v) is 7.02. The molecule has 2 aromatic heterocycles. The summed E-state index contributed by atoms with van der Waals surface area (Å²) in [4.78, 5) is 15.4. The number of phenolic OH excluding ortho intramolecular Hbond substituents is 1. The van der Waals surface area contributed by atoms with E-state index in [-0.39, 0.29) is 23.6 Å². The second-order valence-corrected chi connectivity index (χ2v) is 10.1. The summed E-state index contributed by atoms with van der Waals surface area (Å²) >= 11 is 1.29. The number of ether oxygens (including phenoxy) is 1. The molecule has 5 aromatic rings. The maximum atomic E-state index is 14.2. The van der Waals surface area contributed by atoms with Crippen LogP contribution in [0.1, 0.15) is 11.4 Å². The second-order valence-electron chi connectivity index (χ2n) is 8.95. The van der Waals surface area contributed by atoms with Crippen molar-refractivity contribution in [2.24, 2.45) is 0 Å². The van der Waals surface area contributed by atoms with Crippen LogP contribution in [-0.4, -0.2) is 37.1 Å². The smallest absolute Gasteiger partial charge is 0.460 e. The van der Waals surface area contributed by atoms with Gasteiger partial charge >= 0.3 is 18.0 Å². The molecule has 0 aliphatic rings. The molecule has 0 radical (unpaired) electrons. The number of benzene rings is 3. The monoisotopic (exact) mass is 621 g/mol. The number of aromatic hydroxyl groups is 1. The zero-order valence-electron chi connectivity index (χ0n) is 21.5. The third-order valence-electron chi connectivity index (χ3n) is 5.94. The topological polar surface area (TPSA) is 93.1 Å².